The molecular weight excluding hydrogens is 270 g/mol. The summed E-state index contributed by atoms with van der Waals surface area (Å²) in [6.45, 7) is -0.174. The molecule has 4 heteroatoms. The number of rotatable bonds is 1. The van der Waals surface area contributed by atoms with Crippen molar-refractivity contribution in [3.05, 3.63) is 64.4 Å². The third-order valence-electron chi connectivity index (χ3n) is 2.88. The van der Waals surface area contributed by atoms with E-state index in [-0.39, 0.29) is 12.2 Å². The predicted octanol–water partition coefficient (Wildman–Crippen LogP) is 2.40. The summed E-state index contributed by atoms with van der Waals surface area (Å²) < 4.78 is 2.62. The van der Waals surface area contributed by atoms with E-state index in [2.05, 4.69) is 11.8 Å². The Bertz CT molecular complexity index is 880. The number of hydrogen-bond acceptors (Lipinski definition) is 3. The Labute approximate surface area is 119 Å². The molecule has 0 saturated heterocycles. The van der Waals surface area contributed by atoms with Crippen LogP contribution in [0.2, 0.25) is 0 Å². The topological polar surface area (TPSA) is 42.2 Å². The molecule has 0 spiro atoms. The van der Waals surface area contributed by atoms with Crippen LogP contribution in [0.1, 0.15) is 5.56 Å². The van der Waals surface area contributed by atoms with Crippen LogP contribution in [-0.2, 0) is 0 Å². The number of aromatic nitrogens is 1. The largest absolute Gasteiger partial charge is 0.384 e. The van der Waals surface area contributed by atoms with E-state index in [0.717, 1.165) is 21.3 Å². The molecule has 1 heterocycles. The minimum Gasteiger partial charge on any atom is -0.384 e. The molecule has 98 valence electrons. The molecule has 3 rings (SSSR count). The lowest BCUT2D eigenvalue weighted by atomic mass is 10.2. The van der Waals surface area contributed by atoms with Crippen molar-refractivity contribution in [3.63, 3.8) is 0 Å². The third-order valence-corrected chi connectivity index (χ3v) is 4.00. The maximum Gasteiger partial charge on any atom is 0.273 e. The van der Waals surface area contributed by atoms with Gasteiger partial charge in [0.25, 0.3) is 5.56 Å². The zero-order valence-corrected chi connectivity index (χ0v) is 11.4. The first-order valence-corrected chi connectivity index (χ1v) is 6.88. The van der Waals surface area contributed by atoms with E-state index >= 15 is 0 Å². The molecule has 0 radical (unpaired) electrons. The highest BCUT2D eigenvalue weighted by atomic mass is 32.1. The van der Waals surface area contributed by atoms with Gasteiger partial charge >= 0.3 is 0 Å². The summed E-state index contributed by atoms with van der Waals surface area (Å²) in [6, 6.07) is 15.0. The molecule has 20 heavy (non-hydrogen) atoms. The molecule has 1 aromatic heterocycles. The molecule has 0 fully saturated rings. The van der Waals surface area contributed by atoms with Crippen molar-refractivity contribution in [1.29, 1.82) is 0 Å². The summed E-state index contributed by atoms with van der Waals surface area (Å²) in [5, 5.41) is 9.45. The summed E-state index contributed by atoms with van der Waals surface area (Å²) in [5.74, 6) is 5.45. The summed E-state index contributed by atoms with van der Waals surface area (Å²) in [4.78, 5) is 12.4. The Morgan fingerprint density at radius 3 is 2.80 bits per heavy atom. The van der Waals surface area contributed by atoms with Crippen molar-refractivity contribution in [1.82, 2.24) is 3.96 Å². The Kier molecular flexibility index (Phi) is 3.38. The van der Waals surface area contributed by atoms with Crippen LogP contribution in [0.4, 0.5) is 0 Å². The molecule has 0 bridgehead atoms. The molecule has 3 nitrogen and oxygen atoms in total. The molecule has 0 aliphatic rings. The van der Waals surface area contributed by atoms with Crippen molar-refractivity contribution < 1.29 is 5.11 Å². The van der Waals surface area contributed by atoms with Crippen LogP contribution in [0.25, 0.3) is 15.8 Å². The molecule has 0 amide bonds. The number of fused-ring (bicyclic) bond motifs is 1. The summed E-state index contributed by atoms with van der Waals surface area (Å²) in [5.41, 5.74) is 1.56. The van der Waals surface area contributed by atoms with Gasteiger partial charge in [-0.15, -0.1) is 0 Å². The van der Waals surface area contributed by atoms with Gasteiger partial charge in [-0.25, -0.2) is 3.96 Å². The van der Waals surface area contributed by atoms with Crippen molar-refractivity contribution in [3.8, 4) is 17.5 Å². The molecule has 3 aromatic rings. The second-order valence-electron chi connectivity index (χ2n) is 4.20. The van der Waals surface area contributed by atoms with Gasteiger partial charge in [0.15, 0.2) is 0 Å². The summed E-state index contributed by atoms with van der Waals surface area (Å²) >= 11 is 1.42. The lowest BCUT2D eigenvalue weighted by Gasteiger charge is -2.00. The van der Waals surface area contributed by atoms with E-state index in [1.165, 1.54) is 11.5 Å². The lowest BCUT2D eigenvalue weighted by Crippen LogP contribution is -2.10. The second-order valence-corrected chi connectivity index (χ2v) is 5.18. The molecule has 0 aliphatic carbocycles. The fourth-order valence-electron chi connectivity index (χ4n) is 1.99. The Hall–Kier alpha value is -2.35. The standard InChI is InChI=1S/C16H11NO2S/c18-10-4-6-12-5-3-7-13(11-12)17-16(19)14-8-1-2-9-15(14)20-17/h1-3,5,7-9,11,18H,10H2. The average Bonchev–Trinajstić information content (AvgIpc) is 2.83. The molecule has 0 atom stereocenters. The van der Waals surface area contributed by atoms with Crippen molar-refractivity contribution in [2.75, 3.05) is 6.61 Å². The van der Waals surface area contributed by atoms with Crippen LogP contribution in [0.5, 0.6) is 0 Å². The van der Waals surface area contributed by atoms with Crippen LogP contribution in [0, 0.1) is 11.8 Å². The van der Waals surface area contributed by atoms with Gasteiger partial charge in [0.05, 0.1) is 15.8 Å². The lowest BCUT2D eigenvalue weighted by molar-refractivity contribution is 0.350. The van der Waals surface area contributed by atoms with E-state index in [4.69, 9.17) is 5.11 Å². The van der Waals surface area contributed by atoms with Gasteiger partial charge in [-0.05, 0) is 30.3 Å². The van der Waals surface area contributed by atoms with E-state index in [9.17, 15) is 4.79 Å². The van der Waals surface area contributed by atoms with E-state index in [0.29, 0.717) is 0 Å². The number of aliphatic hydroxyl groups excluding tert-OH is 1. The quantitative estimate of drug-likeness (QED) is 0.696. The zero-order valence-electron chi connectivity index (χ0n) is 10.5. The van der Waals surface area contributed by atoms with Gasteiger partial charge in [-0.2, -0.15) is 0 Å². The smallest absolute Gasteiger partial charge is 0.273 e. The van der Waals surface area contributed by atoms with Crippen LogP contribution < -0.4 is 5.56 Å². The first kappa shape index (κ1) is 12.7. The van der Waals surface area contributed by atoms with Crippen LogP contribution in [0.3, 0.4) is 0 Å². The summed E-state index contributed by atoms with van der Waals surface area (Å²) in [6.07, 6.45) is 0. The van der Waals surface area contributed by atoms with Gasteiger partial charge in [0, 0.05) is 5.56 Å². The van der Waals surface area contributed by atoms with Crippen molar-refractivity contribution in [2.45, 2.75) is 0 Å². The molecule has 2 aromatic carbocycles. The highest BCUT2D eigenvalue weighted by Crippen LogP contribution is 2.20. The molecule has 0 saturated carbocycles. The minimum atomic E-state index is -0.174. The van der Waals surface area contributed by atoms with Crippen molar-refractivity contribution in [2.24, 2.45) is 0 Å². The fraction of sp³-hybridized carbons (Fsp3) is 0.0625. The van der Waals surface area contributed by atoms with Crippen LogP contribution in [-0.4, -0.2) is 15.7 Å². The van der Waals surface area contributed by atoms with Gasteiger partial charge in [0.2, 0.25) is 0 Å². The number of benzene rings is 2. The normalized spacial score (nSPS) is 10.2. The average molecular weight is 281 g/mol. The highest BCUT2D eigenvalue weighted by molar-refractivity contribution is 7.14. The van der Waals surface area contributed by atoms with E-state index < -0.39 is 0 Å². The maximum atomic E-state index is 12.4. The van der Waals surface area contributed by atoms with Gasteiger partial charge in [-0.3, -0.25) is 4.79 Å². The van der Waals surface area contributed by atoms with Gasteiger partial charge in [0.1, 0.15) is 6.61 Å². The molecule has 1 N–H and O–H groups in total. The van der Waals surface area contributed by atoms with Gasteiger partial charge < -0.3 is 5.11 Å². The Morgan fingerprint density at radius 2 is 2.00 bits per heavy atom. The van der Waals surface area contributed by atoms with Gasteiger partial charge in [-0.1, -0.05) is 41.6 Å². The number of hydrogen-bond donors (Lipinski definition) is 1. The molecule has 0 aliphatic heterocycles. The zero-order chi connectivity index (χ0) is 13.9. The summed E-state index contributed by atoms with van der Waals surface area (Å²) in [7, 11) is 0. The van der Waals surface area contributed by atoms with E-state index in [1.54, 1.807) is 3.96 Å². The van der Waals surface area contributed by atoms with E-state index in [1.807, 2.05) is 48.5 Å². The molecular formula is C16H11NO2S. The highest BCUT2D eigenvalue weighted by Gasteiger charge is 2.08. The second kappa shape index (κ2) is 5.33. The number of nitrogens with zero attached hydrogens (tertiary/aromatic N) is 1. The third kappa shape index (κ3) is 2.25. The van der Waals surface area contributed by atoms with Crippen LogP contribution in [0.15, 0.2) is 53.3 Å². The SMILES string of the molecule is O=c1c2ccccc2sn1-c1cccc(C#CCO)c1. The van der Waals surface area contributed by atoms with Crippen molar-refractivity contribution >= 4 is 21.6 Å². The Morgan fingerprint density at radius 1 is 1.15 bits per heavy atom. The number of aliphatic hydroxyl groups is 1. The fourth-order valence-corrected chi connectivity index (χ4v) is 2.98. The first-order valence-electron chi connectivity index (χ1n) is 6.11. The predicted molar refractivity (Wildman–Crippen MR) is 81.4 cm³/mol. The monoisotopic (exact) mass is 281 g/mol. The Balaban J connectivity index is 2.16. The van der Waals surface area contributed by atoms with Crippen LogP contribution >= 0.6 is 11.5 Å². The maximum absolute atomic E-state index is 12.4. The molecule has 0 unspecified atom stereocenters. The first-order chi connectivity index (χ1) is 9.79. The minimum absolute atomic E-state index is 0.0159.